The van der Waals surface area contributed by atoms with Gasteiger partial charge in [0.05, 0.1) is 11.5 Å². The summed E-state index contributed by atoms with van der Waals surface area (Å²) >= 11 is 0. The molecule has 0 saturated heterocycles. The van der Waals surface area contributed by atoms with E-state index in [9.17, 15) is 8.42 Å². The molecular formula is C18H21N5O3S. The Labute approximate surface area is 158 Å². The number of nitrogens with one attached hydrogen (secondary N) is 2. The summed E-state index contributed by atoms with van der Waals surface area (Å²) in [6.07, 6.45) is 1.43. The number of hydrogen-bond acceptors (Lipinski definition) is 6. The normalized spacial score (nSPS) is 11.4. The zero-order valence-electron chi connectivity index (χ0n) is 14.9. The van der Waals surface area contributed by atoms with Crippen LogP contribution in [0.25, 0.3) is 11.4 Å². The molecule has 0 atom stereocenters. The van der Waals surface area contributed by atoms with Gasteiger partial charge in [-0.15, -0.1) is 10.2 Å². The molecule has 0 amide bonds. The number of unbranched alkanes of at least 4 members (excludes halogenated alkanes) is 1. The first-order chi connectivity index (χ1) is 13.0. The fourth-order valence-corrected chi connectivity index (χ4v) is 3.48. The van der Waals surface area contributed by atoms with Crippen LogP contribution in [0.1, 0.15) is 18.4 Å². The Morgan fingerprint density at radius 2 is 1.78 bits per heavy atom. The third kappa shape index (κ3) is 5.35. The van der Waals surface area contributed by atoms with E-state index in [1.165, 1.54) is 0 Å². The topological polar surface area (TPSA) is 110 Å². The number of rotatable bonds is 9. The summed E-state index contributed by atoms with van der Waals surface area (Å²) in [5, 5.41) is 13.8. The number of nitrogens with zero attached hydrogens (tertiary/aromatic N) is 3. The lowest BCUT2D eigenvalue weighted by Crippen LogP contribution is -2.25. The molecule has 3 aromatic rings. The molecule has 0 aliphatic carbocycles. The number of H-pyrrole nitrogens is 1. The van der Waals surface area contributed by atoms with Gasteiger partial charge in [0.25, 0.3) is 0 Å². The second-order valence-electron chi connectivity index (χ2n) is 6.03. The average Bonchev–Trinajstić information content (AvgIpc) is 3.20. The van der Waals surface area contributed by atoms with Crippen molar-refractivity contribution >= 4 is 10.0 Å². The van der Waals surface area contributed by atoms with Crippen molar-refractivity contribution in [1.29, 1.82) is 0 Å². The highest BCUT2D eigenvalue weighted by Crippen LogP contribution is 2.18. The molecule has 142 valence electrons. The van der Waals surface area contributed by atoms with Crippen molar-refractivity contribution in [2.45, 2.75) is 24.7 Å². The van der Waals surface area contributed by atoms with Crippen molar-refractivity contribution in [2.24, 2.45) is 0 Å². The number of aryl methyl sites for hydroxylation is 1. The zero-order chi connectivity index (χ0) is 19.1. The summed E-state index contributed by atoms with van der Waals surface area (Å²) in [6, 6.07) is 14.2. The molecule has 0 bridgehead atoms. The van der Waals surface area contributed by atoms with E-state index >= 15 is 0 Å². The SMILES string of the molecule is Cc1ccc(S(=O)(=O)NCCCCOc2ccc(-c3nn[nH]n3)cc2)cc1. The van der Waals surface area contributed by atoms with Crippen LogP contribution in [0.4, 0.5) is 0 Å². The minimum Gasteiger partial charge on any atom is -0.494 e. The van der Waals surface area contributed by atoms with Crippen LogP contribution in [0.3, 0.4) is 0 Å². The molecule has 0 fully saturated rings. The minimum atomic E-state index is -3.45. The lowest BCUT2D eigenvalue weighted by atomic mass is 10.2. The van der Waals surface area contributed by atoms with Crippen LogP contribution in [0.5, 0.6) is 5.75 Å². The van der Waals surface area contributed by atoms with E-state index in [1.807, 2.05) is 31.2 Å². The molecule has 9 heteroatoms. The first-order valence-corrected chi connectivity index (χ1v) is 10.1. The van der Waals surface area contributed by atoms with Crippen molar-refractivity contribution in [3.05, 3.63) is 54.1 Å². The van der Waals surface area contributed by atoms with Gasteiger partial charge in [0.2, 0.25) is 15.8 Å². The van der Waals surface area contributed by atoms with Gasteiger partial charge in [-0.2, -0.15) is 5.21 Å². The molecule has 1 aromatic heterocycles. The van der Waals surface area contributed by atoms with E-state index in [0.717, 1.165) is 23.3 Å². The van der Waals surface area contributed by atoms with Gasteiger partial charge in [-0.3, -0.25) is 0 Å². The molecule has 2 N–H and O–H groups in total. The molecule has 0 saturated carbocycles. The number of hydrogen-bond donors (Lipinski definition) is 2. The van der Waals surface area contributed by atoms with Crippen LogP contribution in [-0.4, -0.2) is 42.2 Å². The summed E-state index contributed by atoms with van der Waals surface area (Å²) < 4.78 is 32.6. The van der Waals surface area contributed by atoms with E-state index in [1.54, 1.807) is 24.3 Å². The molecule has 8 nitrogen and oxygen atoms in total. The zero-order valence-corrected chi connectivity index (χ0v) is 15.7. The molecule has 0 aliphatic rings. The highest BCUT2D eigenvalue weighted by Gasteiger charge is 2.12. The number of ether oxygens (including phenoxy) is 1. The summed E-state index contributed by atoms with van der Waals surface area (Å²) in [5.41, 5.74) is 1.87. The molecule has 27 heavy (non-hydrogen) atoms. The van der Waals surface area contributed by atoms with Crippen LogP contribution in [0, 0.1) is 6.92 Å². The predicted octanol–water partition coefficient (Wildman–Crippen LogP) is 2.31. The maximum Gasteiger partial charge on any atom is 0.240 e. The monoisotopic (exact) mass is 387 g/mol. The van der Waals surface area contributed by atoms with Crippen LogP contribution in [-0.2, 0) is 10.0 Å². The molecule has 0 unspecified atom stereocenters. The Hall–Kier alpha value is -2.78. The summed E-state index contributed by atoms with van der Waals surface area (Å²) in [4.78, 5) is 0.283. The number of sulfonamides is 1. The van der Waals surface area contributed by atoms with Crippen molar-refractivity contribution in [1.82, 2.24) is 25.3 Å². The lowest BCUT2D eigenvalue weighted by molar-refractivity contribution is 0.307. The third-order valence-corrected chi connectivity index (χ3v) is 5.40. The largest absolute Gasteiger partial charge is 0.494 e. The van der Waals surface area contributed by atoms with Gasteiger partial charge < -0.3 is 4.74 Å². The van der Waals surface area contributed by atoms with Gasteiger partial charge in [-0.1, -0.05) is 17.7 Å². The fourth-order valence-electron chi connectivity index (χ4n) is 2.41. The van der Waals surface area contributed by atoms with Crippen molar-refractivity contribution in [3.63, 3.8) is 0 Å². The summed E-state index contributed by atoms with van der Waals surface area (Å²) in [5.74, 6) is 1.27. The summed E-state index contributed by atoms with van der Waals surface area (Å²) in [6.45, 7) is 2.80. The Bertz CT molecular complexity index is 940. The molecule has 0 spiro atoms. The molecule has 2 aromatic carbocycles. The number of benzene rings is 2. The minimum absolute atomic E-state index is 0.283. The van der Waals surface area contributed by atoms with Gasteiger partial charge in [0.15, 0.2) is 0 Å². The average molecular weight is 387 g/mol. The number of aromatic amines is 1. The fraction of sp³-hybridized carbons (Fsp3) is 0.278. The highest BCUT2D eigenvalue weighted by atomic mass is 32.2. The van der Waals surface area contributed by atoms with Gasteiger partial charge in [0.1, 0.15) is 5.75 Å². The van der Waals surface area contributed by atoms with E-state index in [0.29, 0.717) is 25.4 Å². The first kappa shape index (κ1) is 19.0. The van der Waals surface area contributed by atoms with E-state index in [-0.39, 0.29) is 4.90 Å². The molecule has 1 heterocycles. The standard InChI is InChI=1S/C18H21N5O3S/c1-14-4-10-17(11-5-14)27(24,25)19-12-2-3-13-26-16-8-6-15(7-9-16)18-20-22-23-21-18/h4-11,19H,2-3,12-13H2,1H3,(H,20,21,22,23). The van der Waals surface area contributed by atoms with E-state index in [2.05, 4.69) is 25.3 Å². The Kier molecular flexibility index (Phi) is 6.15. The quantitative estimate of drug-likeness (QED) is 0.545. The molecule has 0 radical (unpaired) electrons. The lowest BCUT2D eigenvalue weighted by Gasteiger charge is -2.08. The Morgan fingerprint density at radius 3 is 2.44 bits per heavy atom. The molecule has 3 rings (SSSR count). The van der Waals surface area contributed by atoms with Crippen LogP contribution < -0.4 is 9.46 Å². The van der Waals surface area contributed by atoms with Crippen molar-refractivity contribution < 1.29 is 13.2 Å². The second-order valence-corrected chi connectivity index (χ2v) is 7.79. The number of tetrazole rings is 1. The van der Waals surface area contributed by atoms with Crippen LogP contribution in [0.2, 0.25) is 0 Å². The number of aromatic nitrogens is 4. The molecular weight excluding hydrogens is 366 g/mol. The summed E-state index contributed by atoms with van der Waals surface area (Å²) in [7, 11) is -3.45. The highest BCUT2D eigenvalue weighted by molar-refractivity contribution is 7.89. The Morgan fingerprint density at radius 1 is 1.04 bits per heavy atom. The van der Waals surface area contributed by atoms with Gasteiger partial charge >= 0.3 is 0 Å². The Balaban J connectivity index is 1.37. The predicted molar refractivity (Wildman–Crippen MR) is 101 cm³/mol. The van der Waals surface area contributed by atoms with E-state index in [4.69, 9.17) is 4.74 Å². The first-order valence-electron chi connectivity index (χ1n) is 8.58. The van der Waals surface area contributed by atoms with Crippen LogP contribution in [0.15, 0.2) is 53.4 Å². The van der Waals surface area contributed by atoms with E-state index < -0.39 is 10.0 Å². The second kappa shape index (κ2) is 8.74. The molecule has 0 aliphatic heterocycles. The van der Waals surface area contributed by atoms with Gasteiger partial charge in [0, 0.05) is 12.1 Å². The maximum absolute atomic E-state index is 12.2. The van der Waals surface area contributed by atoms with Crippen molar-refractivity contribution in [2.75, 3.05) is 13.2 Å². The smallest absolute Gasteiger partial charge is 0.240 e. The van der Waals surface area contributed by atoms with Gasteiger partial charge in [-0.05, 0) is 61.4 Å². The van der Waals surface area contributed by atoms with Crippen LogP contribution >= 0.6 is 0 Å². The third-order valence-electron chi connectivity index (χ3n) is 3.92. The maximum atomic E-state index is 12.2. The van der Waals surface area contributed by atoms with Crippen molar-refractivity contribution in [3.8, 4) is 17.1 Å². The van der Waals surface area contributed by atoms with Gasteiger partial charge in [-0.25, -0.2) is 13.1 Å².